The predicted octanol–water partition coefficient (Wildman–Crippen LogP) is 1.27. The molecule has 1 aromatic rings. The molecule has 1 aliphatic rings. The zero-order valence-electron chi connectivity index (χ0n) is 8.37. The molecule has 0 saturated heterocycles. The first kappa shape index (κ1) is 9.74. The average molecular weight is 194 g/mol. The molecule has 14 heavy (non-hydrogen) atoms. The van der Waals surface area contributed by atoms with Crippen molar-refractivity contribution >= 4 is 0 Å². The fraction of sp³-hybridized carbons (Fsp3) is 0.636. The highest BCUT2D eigenvalue weighted by Gasteiger charge is 2.21. The van der Waals surface area contributed by atoms with Gasteiger partial charge in [-0.1, -0.05) is 0 Å². The maximum Gasteiger partial charge on any atom is 0.0543 e. The van der Waals surface area contributed by atoms with Gasteiger partial charge in [-0.2, -0.15) is 0 Å². The molecule has 0 amide bonds. The molecule has 0 aromatic carbocycles. The molecule has 0 spiro atoms. The molecule has 2 unspecified atom stereocenters. The molecule has 1 aromatic heterocycles. The zero-order chi connectivity index (χ0) is 9.80. The van der Waals surface area contributed by atoms with Crippen LogP contribution in [-0.4, -0.2) is 22.7 Å². The van der Waals surface area contributed by atoms with Gasteiger partial charge in [0.1, 0.15) is 0 Å². The Labute approximate surface area is 84.5 Å². The molecule has 2 atom stereocenters. The monoisotopic (exact) mass is 194 g/mol. The number of aromatic amines is 1. The Bertz CT molecular complexity index is 258. The first-order valence-electron chi connectivity index (χ1n) is 5.35. The summed E-state index contributed by atoms with van der Waals surface area (Å²) in [6.45, 7) is 1.96. The number of hydrogen-bond acceptors (Lipinski definition) is 2. The number of nitrogens with one attached hydrogen (secondary N) is 2. The van der Waals surface area contributed by atoms with Gasteiger partial charge < -0.3 is 15.4 Å². The SMILES string of the molecule is OC1CCC(CNCc2cc[nH]c2)C1. The summed E-state index contributed by atoms with van der Waals surface area (Å²) < 4.78 is 0. The molecular formula is C11H18N2O. The summed E-state index contributed by atoms with van der Waals surface area (Å²) in [4.78, 5) is 3.04. The molecule has 1 aliphatic carbocycles. The van der Waals surface area contributed by atoms with Crippen LogP contribution < -0.4 is 5.32 Å². The Balaban J connectivity index is 1.64. The lowest BCUT2D eigenvalue weighted by atomic mass is 10.1. The van der Waals surface area contributed by atoms with Gasteiger partial charge in [0.15, 0.2) is 0 Å². The molecule has 3 nitrogen and oxygen atoms in total. The van der Waals surface area contributed by atoms with E-state index in [9.17, 15) is 5.11 Å². The highest BCUT2D eigenvalue weighted by Crippen LogP contribution is 2.24. The van der Waals surface area contributed by atoms with E-state index in [-0.39, 0.29) is 6.10 Å². The molecule has 2 rings (SSSR count). The van der Waals surface area contributed by atoms with Crippen LogP contribution in [-0.2, 0) is 6.54 Å². The molecule has 1 saturated carbocycles. The Morgan fingerprint density at radius 2 is 2.43 bits per heavy atom. The van der Waals surface area contributed by atoms with Crippen molar-refractivity contribution in [1.82, 2.24) is 10.3 Å². The minimum absolute atomic E-state index is 0.0472. The summed E-state index contributed by atoms with van der Waals surface area (Å²) in [5.74, 6) is 0.670. The van der Waals surface area contributed by atoms with Crippen LogP contribution in [0.15, 0.2) is 18.5 Å². The van der Waals surface area contributed by atoms with Crippen LogP contribution >= 0.6 is 0 Å². The molecule has 1 heterocycles. The van der Waals surface area contributed by atoms with E-state index in [2.05, 4.69) is 16.4 Å². The van der Waals surface area contributed by atoms with Gasteiger partial charge in [0.25, 0.3) is 0 Å². The number of hydrogen-bond donors (Lipinski definition) is 3. The van der Waals surface area contributed by atoms with Gasteiger partial charge in [-0.25, -0.2) is 0 Å². The third-order valence-corrected chi connectivity index (χ3v) is 2.94. The van der Waals surface area contributed by atoms with Crippen molar-refractivity contribution in [3.05, 3.63) is 24.0 Å². The molecular weight excluding hydrogens is 176 g/mol. The minimum atomic E-state index is -0.0472. The van der Waals surface area contributed by atoms with E-state index in [4.69, 9.17) is 0 Å². The normalized spacial score (nSPS) is 26.9. The quantitative estimate of drug-likeness (QED) is 0.676. The standard InChI is InChI=1S/C11H18N2O/c14-11-2-1-9(5-11)6-13-8-10-3-4-12-7-10/h3-4,7,9,11-14H,1-2,5-6,8H2. The van der Waals surface area contributed by atoms with E-state index >= 15 is 0 Å². The lowest BCUT2D eigenvalue weighted by Gasteiger charge is -2.09. The molecule has 1 fully saturated rings. The maximum atomic E-state index is 9.35. The second-order valence-electron chi connectivity index (χ2n) is 4.18. The van der Waals surface area contributed by atoms with E-state index in [1.165, 1.54) is 12.0 Å². The fourth-order valence-electron chi connectivity index (χ4n) is 2.12. The lowest BCUT2D eigenvalue weighted by molar-refractivity contribution is 0.177. The van der Waals surface area contributed by atoms with Gasteiger partial charge in [0, 0.05) is 18.9 Å². The highest BCUT2D eigenvalue weighted by atomic mass is 16.3. The summed E-state index contributed by atoms with van der Waals surface area (Å²) >= 11 is 0. The second-order valence-corrected chi connectivity index (χ2v) is 4.18. The number of aromatic nitrogens is 1. The van der Waals surface area contributed by atoms with E-state index in [1.807, 2.05) is 12.4 Å². The number of H-pyrrole nitrogens is 1. The number of aliphatic hydroxyl groups is 1. The van der Waals surface area contributed by atoms with Crippen LogP contribution in [0, 0.1) is 5.92 Å². The van der Waals surface area contributed by atoms with Gasteiger partial charge in [-0.05, 0) is 43.4 Å². The van der Waals surface area contributed by atoms with Crippen molar-refractivity contribution in [2.24, 2.45) is 5.92 Å². The van der Waals surface area contributed by atoms with Crippen LogP contribution in [0.3, 0.4) is 0 Å². The van der Waals surface area contributed by atoms with Crippen LogP contribution in [0.25, 0.3) is 0 Å². The van der Waals surface area contributed by atoms with E-state index < -0.39 is 0 Å². The summed E-state index contributed by atoms with van der Waals surface area (Å²) in [6, 6.07) is 2.08. The first-order chi connectivity index (χ1) is 6.84. The van der Waals surface area contributed by atoms with Crippen molar-refractivity contribution < 1.29 is 5.11 Å². The van der Waals surface area contributed by atoms with Gasteiger partial charge in [-0.3, -0.25) is 0 Å². The summed E-state index contributed by atoms with van der Waals surface area (Å²) in [5.41, 5.74) is 1.29. The van der Waals surface area contributed by atoms with Crippen molar-refractivity contribution in [2.45, 2.75) is 31.9 Å². The van der Waals surface area contributed by atoms with E-state index in [1.54, 1.807) is 0 Å². The van der Waals surface area contributed by atoms with Gasteiger partial charge in [0.2, 0.25) is 0 Å². The smallest absolute Gasteiger partial charge is 0.0543 e. The maximum absolute atomic E-state index is 9.35. The topological polar surface area (TPSA) is 48.0 Å². The van der Waals surface area contributed by atoms with E-state index in [0.29, 0.717) is 5.92 Å². The number of aliphatic hydroxyl groups excluding tert-OH is 1. The van der Waals surface area contributed by atoms with Crippen molar-refractivity contribution in [2.75, 3.05) is 6.54 Å². The third kappa shape index (κ3) is 2.59. The minimum Gasteiger partial charge on any atom is -0.393 e. The molecule has 3 heteroatoms. The Morgan fingerprint density at radius 1 is 1.50 bits per heavy atom. The predicted molar refractivity (Wildman–Crippen MR) is 55.8 cm³/mol. The molecule has 0 aliphatic heterocycles. The van der Waals surface area contributed by atoms with Crippen molar-refractivity contribution in [3.63, 3.8) is 0 Å². The zero-order valence-corrected chi connectivity index (χ0v) is 8.37. The molecule has 3 N–H and O–H groups in total. The Kier molecular flexibility index (Phi) is 3.22. The Morgan fingerprint density at radius 3 is 3.07 bits per heavy atom. The summed E-state index contributed by atoms with van der Waals surface area (Å²) in [6.07, 6.45) is 7.03. The average Bonchev–Trinajstić information content (AvgIpc) is 2.77. The fourth-order valence-corrected chi connectivity index (χ4v) is 2.12. The van der Waals surface area contributed by atoms with Crippen LogP contribution in [0.2, 0.25) is 0 Å². The molecule has 78 valence electrons. The lowest BCUT2D eigenvalue weighted by Crippen LogP contribution is -2.21. The number of rotatable bonds is 4. The molecule has 0 radical (unpaired) electrons. The summed E-state index contributed by atoms with van der Waals surface area (Å²) in [5, 5.41) is 12.8. The first-order valence-corrected chi connectivity index (χ1v) is 5.35. The van der Waals surface area contributed by atoms with Crippen LogP contribution in [0.1, 0.15) is 24.8 Å². The van der Waals surface area contributed by atoms with Crippen molar-refractivity contribution in [1.29, 1.82) is 0 Å². The van der Waals surface area contributed by atoms with Gasteiger partial charge >= 0.3 is 0 Å². The van der Waals surface area contributed by atoms with E-state index in [0.717, 1.165) is 25.9 Å². The van der Waals surface area contributed by atoms with Gasteiger partial charge in [0.05, 0.1) is 6.10 Å². The highest BCUT2D eigenvalue weighted by molar-refractivity contribution is 5.07. The second kappa shape index (κ2) is 4.62. The van der Waals surface area contributed by atoms with Crippen LogP contribution in [0.4, 0.5) is 0 Å². The van der Waals surface area contributed by atoms with Gasteiger partial charge in [-0.15, -0.1) is 0 Å². The van der Waals surface area contributed by atoms with Crippen molar-refractivity contribution in [3.8, 4) is 0 Å². The third-order valence-electron chi connectivity index (χ3n) is 2.94. The molecule has 0 bridgehead atoms. The Hall–Kier alpha value is -0.800. The largest absolute Gasteiger partial charge is 0.393 e. The van der Waals surface area contributed by atoms with Crippen LogP contribution in [0.5, 0.6) is 0 Å². The summed E-state index contributed by atoms with van der Waals surface area (Å²) in [7, 11) is 0.